The first-order valence-corrected chi connectivity index (χ1v) is 6.19. The summed E-state index contributed by atoms with van der Waals surface area (Å²) in [5, 5.41) is 8.87. The van der Waals surface area contributed by atoms with E-state index < -0.39 is 9.84 Å². The molecule has 0 saturated carbocycles. The molecule has 0 aromatic carbocycles. The molecule has 0 bridgehead atoms. The van der Waals surface area contributed by atoms with E-state index in [9.17, 15) is 8.42 Å². The van der Waals surface area contributed by atoms with Crippen molar-refractivity contribution >= 4 is 43.7 Å². The second-order valence-electron chi connectivity index (χ2n) is 3.01. The fourth-order valence-corrected chi connectivity index (χ4v) is 5.24. The Morgan fingerprint density at radius 2 is 2.15 bits per heavy atom. The van der Waals surface area contributed by atoms with Gasteiger partial charge in [0.15, 0.2) is 15.0 Å². The first-order chi connectivity index (χ1) is 5.49. The summed E-state index contributed by atoms with van der Waals surface area (Å²) in [5.74, 6) is 5.77. The third-order valence-corrected chi connectivity index (χ3v) is 5.27. The molecule has 76 valence electrons. The number of nitrogens with one attached hydrogen (secondary N) is 1. The Labute approximate surface area is 91.2 Å². The van der Waals surface area contributed by atoms with E-state index in [1.807, 2.05) is 0 Å². The Kier molecular flexibility index (Phi) is 2.96. The number of thioether (sulfide) groups is 1. The number of hydrogen-bond donors (Lipinski definition) is 2. The number of nitrogens with zero attached hydrogens (tertiary/aromatic N) is 1. The van der Waals surface area contributed by atoms with Crippen LogP contribution in [0.2, 0.25) is 0 Å². The zero-order valence-corrected chi connectivity index (χ0v) is 9.98. The molecule has 0 aliphatic carbocycles. The lowest BCUT2D eigenvalue weighted by molar-refractivity contribution is 0.370. The number of amidine groups is 1. The van der Waals surface area contributed by atoms with E-state index in [2.05, 4.69) is 0 Å². The van der Waals surface area contributed by atoms with E-state index in [0.29, 0.717) is 0 Å². The van der Waals surface area contributed by atoms with Gasteiger partial charge in [0, 0.05) is 5.25 Å². The molecule has 0 spiro atoms. The number of halogens is 1. The molecule has 2 aliphatic rings. The van der Waals surface area contributed by atoms with Crippen molar-refractivity contribution in [2.24, 2.45) is 5.84 Å². The number of rotatable bonds is 0. The van der Waals surface area contributed by atoms with Crippen LogP contribution >= 0.6 is 28.7 Å². The molecule has 3 N–H and O–H groups in total. The van der Waals surface area contributed by atoms with Crippen LogP contribution < -0.4 is 5.84 Å². The van der Waals surface area contributed by atoms with Crippen LogP contribution in [0.3, 0.4) is 0 Å². The van der Waals surface area contributed by atoms with Crippen molar-refractivity contribution in [1.82, 2.24) is 5.01 Å². The highest BCUT2D eigenvalue weighted by Gasteiger charge is 2.47. The molecule has 2 fully saturated rings. The number of sulfone groups is 1. The maximum atomic E-state index is 11.1. The predicted molar refractivity (Wildman–Crippen MR) is 57.9 cm³/mol. The summed E-state index contributed by atoms with van der Waals surface area (Å²) in [6.07, 6.45) is 0. The van der Waals surface area contributed by atoms with Crippen LogP contribution in [0.5, 0.6) is 0 Å². The molecule has 2 saturated heterocycles. The Hall–Kier alpha value is 0.210. The number of fused-ring (bicyclic) bond motifs is 1. The average Bonchev–Trinajstić information content (AvgIpc) is 2.33. The van der Waals surface area contributed by atoms with Gasteiger partial charge in [0.25, 0.3) is 0 Å². The number of hydrazine groups is 1. The lowest BCUT2D eigenvalue weighted by Gasteiger charge is -2.15. The normalized spacial score (nSPS) is 35.8. The Balaban J connectivity index is 0.000000845. The van der Waals surface area contributed by atoms with Gasteiger partial charge in [-0.25, -0.2) is 14.3 Å². The molecule has 8 heteroatoms. The van der Waals surface area contributed by atoms with Crippen LogP contribution in [0.15, 0.2) is 0 Å². The average molecular weight is 288 g/mol. The molecule has 2 rings (SSSR count). The molecule has 0 radical (unpaired) electrons. The van der Waals surface area contributed by atoms with Crippen molar-refractivity contribution in [1.29, 1.82) is 5.41 Å². The molecule has 2 aliphatic heterocycles. The summed E-state index contributed by atoms with van der Waals surface area (Å²) >= 11 is 1.25. The molecule has 13 heavy (non-hydrogen) atoms. The number of hydrogen-bond acceptors (Lipinski definition) is 5. The van der Waals surface area contributed by atoms with Gasteiger partial charge in [-0.15, -0.1) is 17.0 Å². The van der Waals surface area contributed by atoms with Crippen molar-refractivity contribution in [2.45, 2.75) is 11.3 Å². The largest absolute Gasteiger partial charge is 0.284 e. The second kappa shape index (κ2) is 3.41. The SMILES string of the molecule is Br.N=C1SC2CS(=O)(=O)CC2N1N. The monoisotopic (exact) mass is 287 g/mol. The molecular formula is C5H10BrN3O2S2. The van der Waals surface area contributed by atoms with Gasteiger partial charge in [-0.05, 0) is 0 Å². The second-order valence-corrected chi connectivity index (χ2v) is 6.39. The van der Waals surface area contributed by atoms with E-state index >= 15 is 0 Å². The third kappa shape index (κ3) is 1.85. The fourth-order valence-electron chi connectivity index (χ4n) is 1.52. The van der Waals surface area contributed by atoms with E-state index in [0.717, 1.165) is 0 Å². The lowest BCUT2D eigenvalue weighted by atomic mass is 10.2. The van der Waals surface area contributed by atoms with Gasteiger partial charge in [0.2, 0.25) is 0 Å². The first-order valence-electron chi connectivity index (χ1n) is 3.49. The fraction of sp³-hybridized carbons (Fsp3) is 0.800. The molecule has 2 atom stereocenters. The maximum Gasteiger partial charge on any atom is 0.171 e. The van der Waals surface area contributed by atoms with E-state index in [-0.39, 0.29) is 44.9 Å². The first kappa shape index (κ1) is 11.3. The molecule has 0 aromatic rings. The summed E-state index contributed by atoms with van der Waals surface area (Å²) in [6.45, 7) is 0. The molecule has 0 aromatic heterocycles. The Bertz CT molecular complexity index is 331. The van der Waals surface area contributed by atoms with Gasteiger partial charge in [-0.2, -0.15) is 0 Å². The van der Waals surface area contributed by atoms with Gasteiger partial charge in [-0.3, -0.25) is 10.4 Å². The molecule has 2 unspecified atom stereocenters. The zero-order valence-electron chi connectivity index (χ0n) is 6.63. The van der Waals surface area contributed by atoms with Crippen LogP contribution in [0.25, 0.3) is 0 Å². The Morgan fingerprint density at radius 1 is 1.54 bits per heavy atom. The van der Waals surface area contributed by atoms with Crippen molar-refractivity contribution in [3.05, 3.63) is 0 Å². The van der Waals surface area contributed by atoms with E-state index in [1.54, 1.807) is 0 Å². The van der Waals surface area contributed by atoms with Crippen LogP contribution in [0.1, 0.15) is 0 Å². The van der Waals surface area contributed by atoms with Gasteiger partial charge < -0.3 is 0 Å². The van der Waals surface area contributed by atoms with Gasteiger partial charge in [0.1, 0.15) is 0 Å². The molecule has 2 heterocycles. The van der Waals surface area contributed by atoms with E-state index in [1.165, 1.54) is 16.8 Å². The maximum absolute atomic E-state index is 11.1. The van der Waals surface area contributed by atoms with Crippen molar-refractivity contribution < 1.29 is 8.42 Å². The standard InChI is InChI=1S/C5H9N3O2S2.BrH/c6-5-8(7)3-1-12(9,10)2-4(3)11-5;/h3-4,6H,1-2,7H2;1H. The van der Waals surface area contributed by atoms with Gasteiger partial charge in [0.05, 0.1) is 17.5 Å². The van der Waals surface area contributed by atoms with Crippen LogP contribution in [-0.2, 0) is 9.84 Å². The molecule has 0 amide bonds. The minimum Gasteiger partial charge on any atom is -0.284 e. The summed E-state index contributed by atoms with van der Waals surface area (Å²) in [5.41, 5.74) is 0. The van der Waals surface area contributed by atoms with Gasteiger partial charge >= 0.3 is 0 Å². The van der Waals surface area contributed by atoms with Crippen LogP contribution in [-0.4, -0.2) is 41.4 Å². The highest BCUT2D eigenvalue weighted by Crippen LogP contribution is 2.35. The smallest absolute Gasteiger partial charge is 0.171 e. The number of nitrogens with two attached hydrogens (primary N) is 1. The summed E-state index contributed by atoms with van der Waals surface area (Å²) in [6, 6.07) is -0.174. The van der Waals surface area contributed by atoms with Crippen LogP contribution in [0.4, 0.5) is 0 Å². The highest BCUT2D eigenvalue weighted by molar-refractivity contribution is 8.93. The van der Waals surface area contributed by atoms with Crippen molar-refractivity contribution in [3.63, 3.8) is 0 Å². The minimum absolute atomic E-state index is 0. The van der Waals surface area contributed by atoms with Crippen molar-refractivity contribution in [3.8, 4) is 0 Å². The summed E-state index contributed by atoms with van der Waals surface area (Å²) in [4.78, 5) is 0. The quantitative estimate of drug-likeness (QED) is 0.592. The molecular weight excluding hydrogens is 278 g/mol. The molecule has 5 nitrogen and oxygen atoms in total. The predicted octanol–water partition coefficient (Wildman–Crippen LogP) is -0.413. The van der Waals surface area contributed by atoms with Gasteiger partial charge in [-0.1, -0.05) is 11.8 Å². The van der Waals surface area contributed by atoms with E-state index in [4.69, 9.17) is 11.3 Å². The Morgan fingerprint density at radius 3 is 2.69 bits per heavy atom. The summed E-state index contributed by atoms with van der Waals surface area (Å²) < 4.78 is 22.3. The minimum atomic E-state index is -2.90. The summed E-state index contributed by atoms with van der Waals surface area (Å²) in [7, 11) is -2.90. The zero-order chi connectivity index (χ0) is 8.93. The topological polar surface area (TPSA) is 87.2 Å². The van der Waals surface area contributed by atoms with Crippen molar-refractivity contribution in [2.75, 3.05) is 11.5 Å². The third-order valence-electron chi connectivity index (χ3n) is 2.13. The van der Waals surface area contributed by atoms with Crippen LogP contribution in [0, 0.1) is 5.41 Å². The highest BCUT2D eigenvalue weighted by atomic mass is 79.9. The lowest BCUT2D eigenvalue weighted by Crippen LogP contribution is -2.42.